The molecule has 0 aliphatic carbocycles. The molecule has 0 aliphatic rings. The summed E-state index contributed by atoms with van der Waals surface area (Å²) in [6, 6.07) is 10.9. The summed E-state index contributed by atoms with van der Waals surface area (Å²) in [4.78, 5) is 11.3. The molecule has 142 valence electrons. The monoisotopic (exact) mass is 387 g/mol. The Morgan fingerprint density at radius 2 is 1.89 bits per heavy atom. The van der Waals surface area contributed by atoms with E-state index in [0.717, 1.165) is 10.9 Å². The maximum Gasteiger partial charge on any atom is 0.270 e. The number of nitrogens with zero attached hydrogens (tertiary/aromatic N) is 3. The number of hydrogen-bond donors (Lipinski definition) is 2. The van der Waals surface area contributed by atoms with Crippen molar-refractivity contribution in [3.8, 4) is 0 Å². The summed E-state index contributed by atoms with van der Waals surface area (Å²) >= 11 is 0. The zero-order valence-corrected chi connectivity index (χ0v) is 15.7. The summed E-state index contributed by atoms with van der Waals surface area (Å²) in [6.07, 6.45) is 2.78. The van der Waals surface area contributed by atoms with Crippen LogP contribution in [0.15, 0.2) is 47.5 Å². The zero-order chi connectivity index (χ0) is 19.4. The molecule has 27 heavy (non-hydrogen) atoms. The molecule has 1 heterocycles. The molecule has 0 aliphatic heterocycles. The SMILES string of the molecule is Cc1ccc(S(=O)(=O)NCCCCn2cc(C(N)=O)nn2)c2ccccc12. The number of carbonyl (C=O) groups is 1. The van der Waals surface area contributed by atoms with E-state index in [1.807, 2.05) is 37.3 Å². The Morgan fingerprint density at radius 1 is 1.15 bits per heavy atom. The van der Waals surface area contributed by atoms with E-state index in [9.17, 15) is 13.2 Å². The number of nitrogens with one attached hydrogen (secondary N) is 1. The predicted octanol–water partition coefficient (Wildman–Crippen LogP) is 1.60. The molecule has 3 aromatic rings. The van der Waals surface area contributed by atoms with Crippen molar-refractivity contribution in [3.05, 3.63) is 53.9 Å². The quantitative estimate of drug-likeness (QED) is 0.569. The molecule has 0 saturated carbocycles. The lowest BCUT2D eigenvalue weighted by atomic mass is 10.1. The summed E-state index contributed by atoms with van der Waals surface area (Å²) in [5.41, 5.74) is 6.27. The van der Waals surface area contributed by atoms with Gasteiger partial charge in [-0.25, -0.2) is 13.1 Å². The highest BCUT2D eigenvalue weighted by Crippen LogP contribution is 2.25. The van der Waals surface area contributed by atoms with Gasteiger partial charge in [0.1, 0.15) is 0 Å². The van der Waals surface area contributed by atoms with Crippen molar-refractivity contribution in [2.45, 2.75) is 31.2 Å². The number of primary amides is 1. The van der Waals surface area contributed by atoms with Gasteiger partial charge in [-0.3, -0.25) is 9.48 Å². The Bertz CT molecular complexity index is 1080. The minimum absolute atomic E-state index is 0.113. The normalized spacial score (nSPS) is 11.7. The third-order valence-electron chi connectivity index (χ3n) is 4.29. The van der Waals surface area contributed by atoms with E-state index in [4.69, 9.17) is 5.73 Å². The number of sulfonamides is 1. The minimum Gasteiger partial charge on any atom is -0.364 e. The van der Waals surface area contributed by atoms with E-state index >= 15 is 0 Å². The van der Waals surface area contributed by atoms with Gasteiger partial charge >= 0.3 is 0 Å². The summed E-state index contributed by atoms with van der Waals surface area (Å²) in [6.45, 7) is 2.79. The Morgan fingerprint density at radius 3 is 2.59 bits per heavy atom. The van der Waals surface area contributed by atoms with E-state index in [2.05, 4.69) is 15.0 Å². The topological polar surface area (TPSA) is 120 Å². The van der Waals surface area contributed by atoms with Crippen molar-refractivity contribution < 1.29 is 13.2 Å². The van der Waals surface area contributed by atoms with Crippen LogP contribution in [-0.4, -0.2) is 35.9 Å². The van der Waals surface area contributed by atoms with E-state index < -0.39 is 15.9 Å². The average molecular weight is 387 g/mol. The van der Waals surface area contributed by atoms with Gasteiger partial charge in [0.2, 0.25) is 10.0 Å². The molecule has 0 radical (unpaired) electrons. The minimum atomic E-state index is -3.60. The first-order valence-electron chi connectivity index (χ1n) is 8.56. The molecule has 0 bridgehead atoms. The molecule has 3 N–H and O–H groups in total. The Kier molecular flexibility index (Phi) is 5.52. The number of amides is 1. The van der Waals surface area contributed by atoms with Crippen LogP contribution in [0.3, 0.4) is 0 Å². The molecule has 0 fully saturated rings. The van der Waals surface area contributed by atoms with Crippen molar-refractivity contribution in [3.63, 3.8) is 0 Å². The average Bonchev–Trinajstić information content (AvgIpc) is 3.11. The molecule has 0 spiro atoms. The van der Waals surface area contributed by atoms with Crippen LogP contribution in [0.4, 0.5) is 0 Å². The lowest BCUT2D eigenvalue weighted by molar-refractivity contribution is 0.0995. The molecule has 3 rings (SSSR count). The van der Waals surface area contributed by atoms with Gasteiger partial charge in [-0.1, -0.05) is 35.5 Å². The Balaban J connectivity index is 1.59. The highest BCUT2D eigenvalue weighted by Gasteiger charge is 2.17. The van der Waals surface area contributed by atoms with Gasteiger partial charge in [0.05, 0.1) is 11.1 Å². The van der Waals surface area contributed by atoms with Crippen LogP contribution in [0.25, 0.3) is 10.8 Å². The molecular formula is C18H21N5O3S. The number of aryl methyl sites for hydroxylation is 2. The van der Waals surface area contributed by atoms with Gasteiger partial charge in [-0.05, 0) is 36.8 Å². The molecular weight excluding hydrogens is 366 g/mol. The number of rotatable bonds is 8. The summed E-state index contributed by atoms with van der Waals surface area (Å²) < 4.78 is 29.5. The zero-order valence-electron chi connectivity index (χ0n) is 14.9. The Hall–Kier alpha value is -2.78. The van der Waals surface area contributed by atoms with Crippen LogP contribution in [0.1, 0.15) is 28.9 Å². The largest absolute Gasteiger partial charge is 0.364 e. The van der Waals surface area contributed by atoms with Gasteiger partial charge in [0, 0.05) is 18.5 Å². The van der Waals surface area contributed by atoms with Crippen molar-refractivity contribution >= 4 is 26.7 Å². The molecule has 0 unspecified atom stereocenters. The molecule has 0 saturated heterocycles. The maximum atomic E-state index is 12.7. The number of aromatic nitrogens is 3. The lowest BCUT2D eigenvalue weighted by Gasteiger charge is -2.11. The third kappa shape index (κ3) is 4.32. The van der Waals surface area contributed by atoms with E-state index in [-0.39, 0.29) is 10.6 Å². The number of unbranched alkanes of at least 4 members (excludes halogenated alkanes) is 1. The van der Waals surface area contributed by atoms with Crippen LogP contribution in [0.2, 0.25) is 0 Å². The smallest absolute Gasteiger partial charge is 0.270 e. The van der Waals surface area contributed by atoms with E-state index in [1.54, 1.807) is 6.07 Å². The molecule has 8 nitrogen and oxygen atoms in total. The molecule has 1 amide bonds. The van der Waals surface area contributed by atoms with Gasteiger partial charge in [-0.15, -0.1) is 5.10 Å². The van der Waals surface area contributed by atoms with Gasteiger partial charge in [-0.2, -0.15) is 0 Å². The van der Waals surface area contributed by atoms with Crippen LogP contribution < -0.4 is 10.5 Å². The van der Waals surface area contributed by atoms with E-state index in [0.29, 0.717) is 31.3 Å². The second-order valence-electron chi connectivity index (χ2n) is 6.26. The molecule has 0 atom stereocenters. The summed E-state index contributed by atoms with van der Waals surface area (Å²) in [5, 5.41) is 9.10. The first kappa shape index (κ1) is 19.0. The third-order valence-corrected chi connectivity index (χ3v) is 5.81. The highest BCUT2D eigenvalue weighted by molar-refractivity contribution is 7.89. The van der Waals surface area contributed by atoms with Gasteiger partial charge < -0.3 is 5.73 Å². The number of fused-ring (bicyclic) bond motifs is 1. The van der Waals surface area contributed by atoms with E-state index in [1.165, 1.54) is 10.9 Å². The first-order chi connectivity index (χ1) is 12.9. The number of hydrogen-bond acceptors (Lipinski definition) is 5. The fourth-order valence-corrected chi connectivity index (χ4v) is 4.14. The fraction of sp³-hybridized carbons (Fsp3) is 0.278. The maximum absolute atomic E-state index is 12.7. The second-order valence-corrected chi connectivity index (χ2v) is 8.00. The standard InChI is InChI=1S/C18H21N5O3S/c1-13-8-9-17(15-7-3-2-6-14(13)15)27(25,26)20-10-4-5-11-23-12-16(18(19)24)21-22-23/h2-3,6-9,12,20H,4-5,10-11H2,1H3,(H2,19,24). The number of benzene rings is 2. The number of nitrogens with two attached hydrogens (primary N) is 1. The lowest BCUT2D eigenvalue weighted by Crippen LogP contribution is -2.25. The van der Waals surface area contributed by atoms with Crippen molar-refractivity contribution in [2.75, 3.05) is 6.54 Å². The number of carbonyl (C=O) groups excluding carboxylic acids is 1. The molecule has 2 aromatic carbocycles. The fourth-order valence-electron chi connectivity index (χ4n) is 2.86. The van der Waals surface area contributed by atoms with Gasteiger partial charge in [0.15, 0.2) is 5.69 Å². The van der Waals surface area contributed by atoms with Crippen LogP contribution >= 0.6 is 0 Å². The summed E-state index contributed by atoms with van der Waals surface area (Å²) in [5.74, 6) is -0.626. The van der Waals surface area contributed by atoms with Crippen LogP contribution in [0, 0.1) is 6.92 Å². The van der Waals surface area contributed by atoms with Crippen molar-refractivity contribution in [1.29, 1.82) is 0 Å². The van der Waals surface area contributed by atoms with Crippen molar-refractivity contribution in [1.82, 2.24) is 19.7 Å². The highest BCUT2D eigenvalue weighted by atomic mass is 32.2. The predicted molar refractivity (Wildman–Crippen MR) is 102 cm³/mol. The Labute approximate surface area is 157 Å². The van der Waals surface area contributed by atoms with Crippen LogP contribution in [0.5, 0.6) is 0 Å². The molecule has 9 heteroatoms. The van der Waals surface area contributed by atoms with Crippen molar-refractivity contribution in [2.24, 2.45) is 5.73 Å². The molecule has 1 aromatic heterocycles. The van der Waals surface area contributed by atoms with Gasteiger partial charge in [0.25, 0.3) is 5.91 Å². The summed E-state index contributed by atoms with van der Waals surface area (Å²) in [7, 11) is -3.60. The van der Waals surface area contributed by atoms with Crippen LogP contribution in [-0.2, 0) is 16.6 Å². The first-order valence-corrected chi connectivity index (χ1v) is 10.0. The second kappa shape index (κ2) is 7.85.